The molecule has 1 aliphatic rings. The number of hydrogen-bond acceptors (Lipinski definition) is 4. The van der Waals surface area contributed by atoms with E-state index in [0.717, 1.165) is 17.7 Å². The van der Waals surface area contributed by atoms with Crippen LogP contribution in [0.15, 0.2) is 18.2 Å². The quantitative estimate of drug-likeness (QED) is 0.700. The Hall–Kier alpha value is -1.59. The molecule has 0 fully saturated rings. The number of fused-ring (bicyclic) bond motifs is 1. The lowest BCUT2D eigenvalue weighted by molar-refractivity contribution is -0.116. The van der Waals surface area contributed by atoms with Gasteiger partial charge in [-0.3, -0.25) is 4.79 Å². The summed E-state index contributed by atoms with van der Waals surface area (Å²) in [6.45, 7) is 0.364. The number of carbonyl (C=O) groups is 1. The van der Waals surface area contributed by atoms with Gasteiger partial charge < -0.3 is 20.9 Å². The van der Waals surface area contributed by atoms with Gasteiger partial charge in [0, 0.05) is 18.7 Å². The number of benzene rings is 1. The van der Waals surface area contributed by atoms with E-state index in [0.29, 0.717) is 12.2 Å². The van der Waals surface area contributed by atoms with Crippen LogP contribution in [0.5, 0.6) is 5.75 Å². The number of aliphatic hydroxyl groups excluding tert-OH is 1. The van der Waals surface area contributed by atoms with Crippen LogP contribution in [0.2, 0.25) is 0 Å². The normalized spacial score (nSPS) is 16.0. The Labute approximate surface area is 99.6 Å². The molecule has 1 amide bonds. The van der Waals surface area contributed by atoms with E-state index >= 15 is 0 Å². The van der Waals surface area contributed by atoms with Crippen molar-refractivity contribution in [2.45, 2.75) is 18.9 Å². The van der Waals surface area contributed by atoms with E-state index in [1.807, 2.05) is 12.1 Å². The highest BCUT2D eigenvalue weighted by atomic mass is 16.5. The van der Waals surface area contributed by atoms with Crippen LogP contribution in [-0.2, 0) is 11.2 Å². The molecule has 1 aromatic rings. The molecule has 0 bridgehead atoms. The smallest absolute Gasteiger partial charge is 0.224 e. The van der Waals surface area contributed by atoms with Crippen LogP contribution >= 0.6 is 0 Å². The maximum atomic E-state index is 11.2. The Bertz CT molecular complexity index is 420. The summed E-state index contributed by atoms with van der Waals surface area (Å²) in [7, 11) is 0. The number of rotatable bonds is 4. The molecule has 4 N–H and O–H groups in total. The van der Waals surface area contributed by atoms with Gasteiger partial charge in [-0.05, 0) is 30.2 Å². The van der Waals surface area contributed by atoms with Crippen LogP contribution in [-0.4, -0.2) is 30.3 Å². The Morgan fingerprint density at radius 1 is 1.47 bits per heavy atom. The van der Waals surface area contributed by atoms with Crippen LogP contribution in [0, 0.1) is 0 Å². The summed E-state index contributed by atoms with van der Waals surface area (Å²) in [5.41, 5.74) is 7.19. The summed E-state index contributed by atoms with van der Waals surface area (Å²) in [5, 5.41) is 12.1. The van der Waals surface area contributed by atoms with E-state index in [1.165, 1.54) is 0 Å². The molecule has 5 heteroatoms. The van der Waals surface area contributed by atoms with Gasteiger partial charge in [0.05, 0.1) is 0 Å². The van der Waals surface area contributed by atoms with E-state index in [9.17, 15) is 9.90 Å². The van der Waals surface area contributed by atoms with Crippen molar-refractivity contribution in [1.82, 2.24) is 0 Å². The SMILES string of the molecule is NC[C@H](O)COc1ccc2c(c1)CCC(=O)N2. The van der Waals surface area contributed by atoms with Crippen molar-refractivity contribution in [2.75, 3.05) is 18.5 Å². The molecule has 1 aliphatic heterocycles. The van der Waals surface area contributed by atoms with Crippen LogP contribution < -0.4 is 15.8 Å². The molecule has 17 heavy (non-hydrogen) atoms. The maximum Gasteiger partial charge on any atom is 0.224 e. The number of nitrogens with two attached hydrogens (primary N) is 1. The van der Waals surface area contributed by atoms with Gasteiger partial charge in [0.2, 0.25) is 5.91 Å². The molecule has 0 aromatic heterocycles. The number of anilines is 1. The number of carbonyl (C=O) groups excluding carboxylic acids is 1. The van der Waals surface area contributed by atoms with Gasteiger partial charge >= 0.3 is 0 Å². The molecule has 0 saturated heterocycles. The van der Waals surface area contributed by atoms with Gasteiger partial charge in [-0.1, -0.05) is 0 Å². The molecule has 92 valence electrons. The third kappa shape index (κ3) is 2.95. The summed E-state index contributed by atoms with van der Waals surface area (Å²) >= 11 is 0. The highest BCUT2D eigenvalue weighted by Gasteiger charge is 2.15. The fourth-order valence-electron chi connectivity index (χ4n) is 1.71. The monoisotopic (exact) mass is 236 g/mol. The maximum absolute atomic E-state index is 11.2. The second-order valence-corrected chi connectivity index (χ2v) is 4.07. The lowest BCUT2D eigenvalue weighted by Crippen LogP contribution is -2.26. The topological polar surface area (TPSA) is 84.6 Å². The van der Waals surface area contributed by atoms with Crippen molar-refractivity contribution in [2.24, 2.45) is 5.73 Å². The Kier molecular flexibility index (Phi) is 3.61. The minimum atomic E-state index is -0.647. The van der Waals surface area contributed by atoms with Crippen LogP contribution in [0.4, 0.5) is 5.69 Å². The summed E-state index contributed by atoms with van der Waals surface area (Å²) in [6.07, 6.45) is 0.574. The number of hydrogen-bond donors (Lipinski definition) is 3. The molecule has 1 heterocycles. The highest BCUT2D eigenvalue weighted by molar-refractivity contribution is 5.93. The first-order valence-electron chi connectivity index (χ1n) is 5.63. The summed E-state index contributed by atoms with van der Waals surface area (Å²) in [4.78, 5) is 11.2. The number of aryl methyl sites for hydroxylation is 1. The fourth-order valence-corrected chi connectivity index (χ4v) is 1.71. The zero-order valence-electron chi connectivity index (χ0n) is 9.48. The number of ether oxygens (including phenoxy) is 1. The second-order valence-electron chi connectivity index (χ2n) is 4.07. The first kappa shape index (κ1) is 11.9. The minimum Gasteiger partial charge on any atom is -0.491 e. The van der Waals surface area contributed by atoms with Gasteiger partial charge in [0.1, 0.15) is 18.5 Å². The Morgan fingerprint density at radius 3 is 3.06 bits per heavy atom. The molecule has 0 aliphatic carbocycles. The summed E-state index contributed by atoms with van der Waals surface area (Å²) in [5.74, 6) is 0.733. The van der Waals surface area contributed by atoms with Crippen LogP contribution in [0.1, 0.15) is 12.0 Å². The van der Waals surface area contributed by atoms with E-state index in [4.69, 9.17) is 10.5 Å². The molecule has 0 saturated carbocycles. The van der Waals surface area contributed by atoms with Crippen molar-refractivity contribution in [1.29, 1.82) is 0 Å². The summed E-state index contributed by atoms with van der Waals surface area (Å²) < 4.78 is 5.41. The van der Waals surface area contributed by atoms with Gasteiger partial charge in [0.25, 0.3) is 0 Å². The van der Waals surface area contributed by atoms with Gasteiger partial charge in [-0.15, -0.1) is 0 Å². The Balaban J connectivity index is 2.04. The third-order valence-electron chi connectivity index (χ3n) is 2.69. The molecule has 0 radical (unpaired) electrons. The molecule has 5 nitrogen and oxygen atoms in total. The van der Waals surface area contributed by atoms with Gasteiger partial charge in [-0.2, -0.15) is 0 Å². The standard InChI is InChI=1S/C12H16N2O3/c13-6-9(15)7-17-10-2-3-11-8(5-10)1-4-12(16)14-11/h2-3,5,9,15H,1,4,6-7,13H2,(H,14,16)/t9-/m0/s1. The fraction of sp³-hybridized carbons (Fsp3) is 0.417. The first-order valence-corrected chi connectivity index (χ1v) is 5.63. The minimum absolute atomic E-state index is 0.0460. The molecule has 0 unspecified atom stereocenters. The first-order chi connectivity index (χ1) is 8.19. The lowest BCUT2D eigenvalue weighted by Gasteiger charge is -2.18. The molecular formula is C12H16N2O3. The average molecular weight is 236 g/mol. The molecule has 2 rings (SSSR count). The third-order valence-corrected chi connectivity index (χ3v) is 2.69. The van der Waals surface area contributed by atoms with Crippen molar-refractivity contribution in [3.05, 3.63) is 23.8 Å². The van der Waals surface area contributed by atoms with Crippen LogP contribution in [0.25, 0.3) is 0 Å². The zero-order chi connectivity index (χ0) is 12.3. The predicted octanol–water partition coefficient (Wildman–Crippen LogP) is 0.270. The largest absolute Gasteiger partial charge is 0.491 e. The van der Waals surface area contributed by atoms with Gasteiger partial charge in [0.15, 0.2) is 0 Å². The van der Waals surface area contributed by atoms with E-state index in [-0.39, 0.29) is 19.1 Å². The number of amides is 1. The molecule has 0 spiro atoms. The number of aliphatic hydroxyl groups is 1. The second kappa shape index (κ2) is 5.16. The number of nitrogens with one attached hydrogen (secondary N) is 1. The van der Waals surface area contributed by atoms with Crippen molar-refractivity contribution < 1.29 is 14.6 Å². The molecular weight excluding hydrogens is 220 g/mol. The van der Waals surface area contributed by atoms with Gasteiger partial charge in [-0.25, -0.2) is 0 Å². The average Bonchev–Trinajstić information content (AvgIpc) is 2.35. The van der Waals surface area contributed by atoms with Crippen molar-refractivity contribution in [3.8, 4) is 5.75 Å². The van der Waals surface area contributed by atoms with Crippen molar-refractivity contribution >= 4 is 11.6 Å². The highest BCUT2D eigenvalue weighted by Crippen LogP contribution is 2.26. The van der Waals surface area contributed by atoms with Crippen LogP contribution in [0.3, 0.4) is 0 Å². The zero-order valence-corrected chi connectivity index (χ0v) is 9.48. The Morgan fingerprint density at radius 2 is 2.29 bits per heavy atom. The predicted molar refractivity (Wildman–Crippen MR) is 63.9 cm³/mol. The summed E-state index contributed by atoms with van der Waals surface area (Å²) in [6, 6.07) is 5.47. The van der Waals surface area contributed by atoms with Crippen molar-refractivity contribution in [3.63, 3.8) is 0 Å². The molecule has 1 aromatic carbocycles. The van der Waals surface area contributed by atoms with E-state index in [2.05, 4.69) is 5.32 Å². The van der Waals surface area contributed by atoms with E-state index in [1.54, 1.807) is 6.07 Å². The molecule has 1 atom stereocenters. The van der Waals surface area contributed by atoms with E-state index < -0.39 is 6.10 Å². The lowest BCUT2D eigenvalue weighted by atomic mass is 10.0.